The Kier molecular flexibility index (Phi) is 19.6. The number of methoxy groups -OCH3 is 1. The molecule has 0 radical (unpaired) electrons. The van der Waals surface area contributed by atoms with Gasteiger partial charge in [-0.25, -0.2) is 24.7 Å². The number of nitrogens with zero attached hydrogens (tertiary/aromatic N) is 10. The van der Waals surface area contributed by atoms with Crippen molar-refractivity contribution >= 4 is 98.0 Å². The van der Waals surface area contributed by atoms with E-state index in [4.69, 9.17) is 45.0 Å². The number of imide groups is 1. The van der Waals surface area contributed by atoms with Gasteiger partial charge in [-0.3, -0.25) is 53.3 Å². The van der Waals surface area contributed by atoms with Gasteiger partial charge in [0.2, 0.25) is 41.2 Å². The van der Waals surface area contributed by atoms with E-state index in [9.17, 15) is 43.2 Å². The van der Waals surface area contributed by atoms with Crippen LogP contribution in [0.1, 0.15) is 102 Å². The van der Waals surface area contributed by atoms with Crippen molar-refractivity contribution in [3.8, 4) is 23.0 Å². The molecule has 29 nitrogen and oxygen atoms in total. The van der Waals surface area contributed by atoms with E-state index in [0.717, 1.165) is 22.7 Å². The van der Waals surface area contributed by atoms with Crippen molar-refractivity contribution in [3.63, 3.8) is 0 Å². The van der Waals surface area contributed by atoms with E-state index in [2.05, 4.69) is 31.3 Å². The van der Waals surface area contributed by atoms with E-state index in [-0.39, 0.29) is 79.7 Å². The number of imidazole rings is 1. The number of carbonyl (C=O) groups excluding carboxylic acids is 9. The Morgan fingerprint density at radius 1 is 0.798 bits per heavy atom. The molecule has 2 atom stereocenters. The van der Waals surface area contributed by atoms with E-state index < -0.39 is 65.4 Å². The second-order valence-electron chi connectivity index (χ2n) is 23.1. The number of rotatable bonds is 27. The molecular weight excluding hydrogens is 1210 g/mol. The minimum atomic E-state index is -0.999. The minimum absolute atomic E-state index is 0.0378. The van der Waals surface area contributed by atoms with Crippen LogP contribution in [-0.2, 0) is 61.4 Å². The molecule has 0 unspecified atom stereocenters. The van der Waals surface area contributed by atoms with Crippen LogP contribution in [0, 0.1) is 25.7 Å². The van der Waals surface area contributed by atoms with Crippen LogP contribution in [0.5, 0.6) is 11.5 Å². The highest BCUT2D eigenvalue weighted by atomic mass is 16.6. The Balaban J connectivity index is 0.793. The number of hydrogen-bond acceptors (Lipinski definition) is 18. The number of aryl methyl sites for hydroxylation is 4. The number of likely N-dealkylation sites (tertiary alicyclic amines) is 1. The van der Waals surface area contributed by atoms with Gasteiger partial charge in [0, 0.05) is 98.5 Å². The van der Waals surface area contributed by atoms with Crippen LogP contribution in [0.4, 0.5) is 16.4 Å². The summed E-state index contributed by atoms with van der Waals surface area (Å²) in [7, 11) is 1.45. The second kappa shape index (κ2) is 28.1. The number of carbonyl (C=O) groups is 9. The maximum absolute atomic E-state index is 13.8. The quantitative estimate of drug-likeness (QED) is 0.0268. The molecule has 0 aliphatic carbocycles. The van der Waals surface area contributed by atoms with Gasteiger partial charge in [-0.1, -0.05) is 45.1 Å². The lowest BCUT2D eigenvalue weighted by Crippen LogP contribution is -2.54. The fourth-order valence-corrected chi connectivity index (χ4v) is 11.1. The summed E-state index contributed by atoms with van der Waals surface area (Å²) >= 11 is 0. The van der Waals surface area contributed by atoms with Gasteiger partial charge in [0.15, 0.2) is 11.7 Å². The number of primary amides is 2. The standard InChI is InChI=1S/C65H72N16O13/c1-9-45-56(94-37(7)70-45)63(89)75-64-72-46-27-41(58(67)86)28-48(91-8)55(46)80(64)22-12-11-21-79-54-43(44-30-68-59(74-60(44)79)47-25-35(5)76-81(47)10-2)26-40(57(66)85)29-49(54)92-24-20-39-31-77(32-39)65(90)93-33-38-13-15-42(16-14-38)71-61(87)36(6)69-62(88)53(34(3)4)73-50(82)19-23-78-51(83)17-18-52(78)84/h11-18,25-30,34,36,39,53H,9-10,19-24,31-33H2,1-8H3,(H2,66,85)(H2,67,86)(H,69,88)(H,71,87)(H,73,82)(H,72,75,89)/b12-11+/t36-,53-/m0/s1. The molecule has 5 aromatic heterocycles. The van der Waals surface area contributed by atoms with Gasteiger partial charge in [0.1, 0.15) is 47.0 Å². The first-order valence-corrected chi connectivity index (χ1v) is 30.6. The summed E-state index contributed by atoms with van der Waals surface area (Å²) in [5, 5.41) is 16.7. The molecular formula is C65H72N16O13. The van der Waals surface area contributed by atoms with Gasteiger partial charge in [-0.05, 0) is 93.5 Å². The molecule has 8 N–H and O–H groups in total. The Bertz CT molecular complexity index is 4360. The molecule has 2 aliphatic heterocycles. The number of allylic oxidation sites excluding steroid dienone is 2. The van der Waals surface area contributed by atoms with E-state index in [1.165, 1.54) is 26.2 Å². The molecule has 1 fully saturated rings. The molecule has 0 saturated carbocycles. The third kappa shape index (κ3) is 14.3. The van der Waals surface area contributed by atoms with E-state index >= 15 is 0 Å². The SMILES string of the molecule is CCc1nc(C)oc1C(=O)Nc1nc2cc(C(N)=O)cc(OC)c2n1C/C=C/Cn1c2nc(-c3cc(C)nn3CC)ncc2c2cc(C(N)=O)cc(OCCC3CN(C(=O)OCc4ccc(NC(=O)[C@H](C)NC(=O)[C@@H](NC(=O)CCN5C(=O)C=CC5=O)C(C)C)cc4)C3)c21. The van der Waals surface area contributed by atoms with Crippen molar-refractivity contribution in [2.75, 3.05) is 44.0 Å². The molecule has 7 heterocycles. The Morgan fingerprint density at radius 3 is 2.16 bits per heavy atom. The summed E-state index contributed by atoms with van der Waals surface area (Å²) in [6.07, 6.45) is 7.97. The average Bonchev–Trinajstić information content (AvgIpc) is 1.59. The normalized spacial score (nSPS) is 13.9. The predicted molar refractivity (Wildman–Crippen MR) is 343 cm³/mol. The second-order valence-corrected chi connectivity index (χ2v) is 23.1. The van der Waals surface area contributed by atoms with Crippen LogP contribution in [0.3, 0.4) is 0 Å². The zero-order valence-corrected chi connectivity index (χ0v) is 53.1. The number of nitrogens with two attached hydrogens (primary N) is 2. The number of amides is 9. The molecule has 1 saturated heterocycles. The average molecular weight is 1290 g/mol. The number of fused-ring (bicyclic) bond motifs is 4. The summed E-state index contributed by atoms with van der Waals surface area (Å²) in [4.78, 5) is 137. The highest BCUT2D eigenvalue weighted by Crippen LogP contribution is 2.38. The van der Waals surface area contributed by atoms with Crippen LogP contribution in [-0.4, -0.2) is 147 Å². The van der Waals surface area contributed by atoms with E-state index in [1.807, 2.05) is 48.2 Å². The number of benzene rings is 3. The lowest BCUT2D eigenvalue weighted by molar-refractivity contribution is -0.137. The van der Waals surface area contributed by atoms with Crippen molar-refractivity contribution in [1.29, 1.82) is 0 Å². The van der Waals surface area contributed by atoms with Gasteiger partial charge in [0.25, 0.3) is 17.7 Å². The molecule has 0 spiro atoms. The van der Waals surface area contributed by atoms with Crippen molar-refractivity contribution in [2.24, 2.45) is 23.3 Å². The monoisotopic (exact) mass is 1280 g/mol. The predicted octanol–water partition coefficient (Wildman–Crippen LogP) is 5.64. The summed E-state index contributed by atoms with van der Waals surface area (Å²) in [5.74, 6) is -3.41. The lowest BCUT2D eigenvalue weighted by Gasteiger charge is -2.38. The summed E-state index contributed by atoms with van der Waals surface area (Å²) < 4.78 is 29.2. The molecule has 29 heteroatoms. The van der Waals surface area contributed by atoms with Crippen LogP contribution in [0.25, 0.3) is 44.5 Å². The maximum atomic E-state index is 13.8. The number of aromatic nitrogens is 8. The molecule has 490 valence electrons. The molecule has 2 aliphatic rings. The van der Waals surface area contributed by atoms with E-state index in [1.54, 1.807) is 72.8 Å². The summed E-state index contributed by atoms with van der Waals surface area (Å²) in [5.41, 5.74) is 16.9. The minimum Gasteiger partial charge on any atom is -0.494 e. The van der Waals surface area contributed by atoms with Crippen LogP contribution >= 0.6 is 0 Å². The van der Waals surface area contributed by atoms with Crippen molar-refractivity contribution in [1.82, 2.24) is 59.3 Å². The van der Waals surface area contributed by atoms with E-state index in [0.29, 0.717) is 106 Å². The molecule has 94 heavy (non-hydrogen) atoms. The molecule has 3 aromatic carbocycles. The van der Waals surface area contributed by atoms with Gasteiger partial charge >= 0.3 is 6.09 Å². The van der Waals surface area contributed by atoms with Crippen LogP contribution in [0.2, 0.25) is 0 Å². The van der Waals surface area contributed by atoms with Crippen LogP contribution < -0.4 is 42.2 Å². The smallest absolute Gasteiger partial charge is 0.410 e. The van der Waals surface area contributed by atoms with Gasteiger partial charge in [-0.2, -0.15) is 5.10 Å². The number of nitrogens with one attached hydrogen (secondary N) is 4. The van der Waals surface area contributed by atoms with Crippen molar-refractivity contribution < 1.29 is 61.8 Å². The third-order valence-electron chi connectivity index (χ3n) is 16.1. The molecule has 9 amide bonds. The first-order chi connectivity index (χ1) is 45.0. The molecule has 0 bridgehead atoms. The Labute approximate surface area is 538 Å². The van der Waals surface area contributed by atoms with Crippen molar-refractivity contribution in [3.05, 3.63) is 125 Å². The number of anilines is 2. The highest BCUT2D eigenvalue weighted by molar-refractivity contribution is 6.13. The topological polar surface area (TPSA) is 380 Å². The zero-order chi connectivity index (χ0) is 67.2. The third-order valence-corrected chi connectivity index (χ3v) is 16.1. The van der Waals surface area contributed by atoms with Crippen molar-refractivity contribution in [2.45, 2.75) is 106 Å². The maximum Gasteiger partial charge on any atom is 0.410 e. The van der Waals surface area contributed by atoms with Gasteiger partial charge < -0.3 is 60.1 Å². The number of oxazole rings is 1. The summed E-state index contributed by atoms with van der Waals surface area (Å²) in [6.45, 7) is 14.0. The Hall–Kier alpha value is -11.3. The van der Waals surface area contributed by atoms with Crippen LogP contribution in [0.15, 0.2) is 89.5 Å². The molecule has 8 aromatic rings. The number of ether oxygens (including phenoxy) is 3. The summed E-state index contributed by atoms with van der Waals surface area (Å²) in [6, 6.07) is 12.9. The first-order valence-electron chi connectivity index (χ1n) is 30.6. The fourth-order valence-electron chi connectivity index (χ4n) is 11.1. The number of hydrogen-bond donors (Lipinski definition) is 6. The largest absolute Gasteiger partial charge is 0.494 e. The first kappa shape index (κ1) is 65.7. The molecule has 10 rings (SSSR count). The zero-order valence-electron chi connectivity index (χ0n) is 53.1. The van der Waals surface area contributed by atoms with Gasteiger partial charge in [-0.15, -0.1) is 0 Å². The fraction of sp³-hybridized carbons (Fsp3) is 0.354. The highest BCUT2D eigenvalue weighted by Gasteiger charge is 2.33. The Morgan fingerprint density at radius 2 is 1.49 bits per heavy atom. The van der Waals surface area contributed by atoms with Gasteiger partial charge in [0.05, 0.1) is 36.1 Å². The lowest BCUT2D eigenvalue weighted by atomic mass is 9.97.